The molecule has 8 nitrogen and oxygen atoms in total. The molecule has 1 aromatic carbocycles. The van der Waals surface area contributed by atoms with E-state index in [1.807, 2.05) is 0 Å². The Morgan fingerprint density at radius 2 is 2.07 bits per heavy atom. The van der Waals surface area contributed by atoms with Gasteiger partial charge in [0.25, 0.3) is 0 Å². The average molecular weight is 390 g/mol. The summed E-state index contributed by atoms with van der Waals surface area (Å²) >= 11 is 0. The maximum Gasteiger partial charge on any atom is 0.324 e. The van der Waals surface area contributed by atoms with Gasteiger partial charge in [0.05, 0.1) is 6.42 Å². The maximum atomic E-state index is 12.1. The fraction of sp³-hybridized carbons (Fsp3) is 0.550. The van der Waals surface area contributed by atoms with Gasteiger partial charge < -0.3 is 20.5 Å². The normalized spacial score (nSPS) is 14.5. The van der Waals surface area contributed by atoms with Gasteiger partial charge in [-0.3, -0.25) is 19.9 Å². The molecule has 0 bridgehead atoms. The van der Waals surface area contributed by atoms with Crippen molar-refractivity contribution in [2.75, 3.05) is 26.2 Å². The van der Waals surface area contributed by atoms with Crippen LogP contribution in [0.4, 0.5) is 0 Å². The number of carbonyl (C=O) groups is 2. The Hall–Kier alpha value is -2.61. The van der Waals surface area contributed by atoms with Crippen LogP contribution in [0.25, 0.3) is 0 Å². The van der Waals surface area contributed by atoms with Crippen LogP contribution in [-0.4, -0.2) is 55.2 Å². The number of carboxylic acid groups (broad SMARTS) is 1. The number of aliphatic imine (C=N–C) groups is 1. The molecule has 1 aromatic rings. The quantitative estimate of drug-likeness (QED) is 0.424. The second kappa shape index (κ2) is 12.0. The largest absolute Gasteiger partial charge is 0.491 e. The molecule has 1 aliphatic heterocycles. The van der Waals surface area contributed by atoms with Crippen LogP contribution < -0.4 is 20.7 Å². The van der Waals surface area contributed by atoms with Crippen LogP contribution in [0.5, 0.6) is 5.75 Å². The summed E-state index contributed by atoms with van der Waals surface area (Å²) in [5, 5.41) is 18.1. The highest BCUT2D eigenvalue weighted by Gasteiger charge is 2.17. The van der Waals surface area contributed by atoms with Crippen molar-refractivity contribution in [3.63, 3.8) is 0 Å². The molecule has 1 aliphatic rings. The number of ether oxygens (including phenoxy) is 1. The molecule has 28 heavy (non-hydrogen) atoms. The monoisotopic (exact) mass is 390 g/mol. The van der Waals surface area contributed by atoms with E-state index in [0.29, 0.717) is 18.3 Å². The van der Waals surface area contributed by atoms with Crippen LogP contribution in [0, 0.1) is 0 Å². The topological polar surface area (TPSA) is 112 Å². The number of nitrogens with one attached hydrogen (secondary N) is 3. The van der Waals surface area contributed by atoms with Gasteiger partial charge in [0.2, 0.25) is 5.91 Å². The number of benzene rings is 1. The third-order valence-corrected chi connectivity index (χ3v) is 4.33. The minimum Gasteiger partial charge on any atom is -0.491 e. The van der Waals surface area contributed by atoms with Gasteiger partial charge in [0.1, 0.15) is 18.4 Å². The van der Waals surface area contributed by atoms with Gasteiger partial charge in [0, 0.05) is 13.1 Å². The number of nitrogens with zero attached hydrogens (tertiary/aromatic N) is 1. The minimum atomic E-state index is -0.927. The average Bonchev–Trinajstić information content (AvgIpc) is 2.69. The molecule has 0 aliphatic carbocycles. The fourth-order valence-electron chi connectivity index (χ4n) is 2.73. The van der Waals surface area contributed by atoms with E-state index in [4.69, 9.17) is 4.74 Å². The molecule has 0 aromatic heterocycles. The van der Waals surface area contributed by atoms with Crippen LogP contribution in [-0.2, 0) is 16.0 Å². The number of carbonyl (C=O) groups excluding carboxylic acids is 1. The summed E-state index contributed by atoms with van der Waals surface area (Å²) in [4.78, 5) is 27.6. The summed E-state index contributed by atoms with van der Waals surface area (Å²) in [5.41, 5.74) is 0.841. The highest BCUT2D eigenvalue weighted by Crippen LogP contribution is 2.13. The van der Waals surface area contributed by atoms with Crippen molar-refractivity contribution in [1.29, 1.82) is 0 Å². The van der Waals surface area contributed by atoms with Crippen molar-refractivity contribution < 1.29 is 19.4 Å². The van der Waals surface area contributed by atoms with Crippen molar-refractivity contribution in [2.24, 2.45) is 4.99 Å². The molecule has 1 atom stereocenters. The van der Waals surface area contributed by atoms with E-state index in [1.54, 1.807) is 24.3 Å². The molecule has 1 heterocycles. The van der Waals surface area contributed by atoms with Gasteiger partial charge in [-0.05, 0) is 37.1 Å². The van der Waals surface area contributed by atoms with Crippen molar-refractivity contribution in [1.82, 2.24) is 16.0 Å². The Kier molecular flexibility index (Phi) is 9.27. The summed E-state index contributed by atoms with van der Waals surface area (Å²) in [7, 11) is 0. The maximum absolute atomic E-state index is 12.1. The van der Waals surface area contributed by atoms with Crippen molar-refractivity contribution in [3.05, 3.63) is 29.8 Å². The van der Waals surface area contributed by atoms with Crippen molar-refractivity contribution >= 4 is 17.8 Å². The van der Waals surface area contributed by atoms with Crippen molar-refractivity contribution in [3.8, 4) is 5.75 Å². The predicted octanol–water partition coefficient (Wildman–Crippen LogP) is 1.31. The second-order valence-electron chi connectivity index (χ2n) is 6.74. The Bertz CT molecular complexity index is 661. The second-order valence-corrected chi connectivity index (χ2v) is 6.74. The van der Waals surface area contributed by atoms with E-state index >= 15 is 0 Å². The molecule has 0 fully saturated rings. The SMILES string of the molecule is CCCCCNC(COc1ccc(CC(=O)NC2=NCCCN2)cc1)C(=O)O. The van der Waals surface area contributed by atoms with E-state index in [0.717, 1.165) is 44.3 Å². The molecule has 1 amide bonds. The highest BCUT2D eigenvalue weighted by molar-refractivity contribution is 5.97. The van der Waals surface area contributed by atoms with E-state index in [-0.39, 0.29) is 18.9 Å². The zero-order chi connectivity index (χ0) is 20.2. The number of carboxylic acids is 1. The smallest absolute Gasteiger partial charge is 0.324 e. The molecule has 1 unspecified atom stereocenters. The Morgan fingerprint density at radius 1 is 1.29 bits per heavy atom. The minimum absolute atomic E-state index is 0.0484. The molecule has 0 radical (unpaired) electrons. The Morgan fingerprint density at radius 3 is 2.71 bits per heavy atom. The van der Waals surface area contributed by atoms with Crippen LogP contribution in [0.1, 0.15) is 38.2 Å². The molecule has 154 valence electrons. The number of hydrogen-bond acceptors (Lipinski definition) is 6. The van der Waals surface area contributed by atoms with Crippen LogP contribution in [0.3, 0.4) is 0 Å². The third-order valence-electron chi connectivity index (χ3n) is 4.33. The predicted molar refractivity (Wildman–Crippen MR) is 108 cm³/mol. The van der Waals surface area contributed by atoms with Gasteiger partial charge in [-0.15, -0.1) is 0 Å². The van der Waals surface area contributed by atoms with Crippen LogP contribution in [0.2, 0.25) is 0 Å². The lowest BCUT2D eigenvalue weighted by Gasteiger charge is -2.16. The first kappa shape index (κ1) is 21.7. The Balaban J connectivity index is 1.76. The van der Waals surface area contributed by atoms with Crippen LogP contribution >= 0.6 is 0 Å². The molecule has 4 N–H and O–H groups in total. The summed E-state index contributed by atoms with van der Waals surface area (Å²) in [6.07, 6.45) is 4.30. The van der Waals surface area contributed by atoms with E-state index in [9.17, 15) is 14.7 Å². The molecular formula is C20H30N4O4. The first-order valence-electron chi connectivity index (χ1n) is 9.84. The number of amides is 1. The van der Waals surface area contributed by atoms with Gasteiger partial charge in [-0.1, -0.05) is 31.9 Å². The van der Waals surface area contributed by atoms with Crippen molar-refractivity contribution in [2.45, 2.75) is 45.1 Å². The van der Waals surface area contributed by atoms with E-state index in [2.05, 4.69) is 27.9 Å². The lowest BCUT2D eigenvalue weighted by molar-refractivity contribution is -0.140. The Labute approximate surface area is 165 Å². The number of unbranched alkanes of at least 4 members (excludes halogenated alkanes) is 2. The summed E-state index contributed by atoms with van der Waals surface area (Å²) in [6, 6.07) is 6.35. The standard InChI is InChI=1S/C20H30N4O4/c1-2-3-4-10-21-17(19(26)27)14-28-16-8-6-15(7-9-16)13-18(25)24-20-22-11-5-12-23-20/h6-9,17,21H,2-5,10-14H2,1H3,(H,26,27)(H2,22,23,24,25). The van der Waals surface area contributed by atoms with E-state index in [1.165, 1.54) is 0 Å². The number of guanidine groups is 1. The zero-order valence-corrected chi connectivity index (χ0v) is 16.4. The van der Waals surface area contributed by atoms with Crippen LogP contribution in [0.15, 0.2) is 29.3 Å². The van der Waals surface area contributed by atoms with Gasteiger partial charge in [0.15, 0.2) is 5.96 Å². The zero-order valence-electron chi connectivity index (χ0n) is 16.4. The first-order valence-corrected chi connectivity index (χ1v) is 9.84. The summed E-state index contributed by atoms with van der Waals surface area (Å²) < 4.78 is 5.59. The molecule has 0 saturated heterocycles. The lowest BCUT2D eigenvalue weighted by Crippen LogP contribution is -2.44. The highest BCUT2D eigenvalue weighted by atomic mass is 16.5. The molecular weight excluding hydrogens is 360 g/mol. The molecule has 0 saturated carbocycles. The number of rotatable bonds is 11. The third kappa shape index (κ3) is 7.96. The number of aliphatic carboxylic acids is 1. The molecule has 8 heteroatoms. The molecule has 2 rings (SSSR count). The first-order chi connectivity index (χ1) is 13.6. The fourth-order valence-corrected chi connectivity index (χ4v) is 2.73. The van der Waals surface area contributed by atoms with Gasteiger partial charge >= 0.3 is 5.97 Å². The lowest BCUT2D eigenvalue weighted by atomic mass is 10.1. The van der Waals surface area contributed by atoms with E-state index < -0.39 is 12.0 Å². The summed E-state index contributed by atoms with van der Waals surface area (Å²) in [5.74, 6) is 0.0412. The van der Waals surface area contributed by atoms with Gasteiger partial charge in [-0.2, -0.15) is 0 Å². The summed E-state index contributed by atoms with van der Waals surface area (Å²) in [6.45, 7) is 4.34. The van der Waals surface area contributed by atoms with Gasteiger partial charge in [-0.25, -0.2) is 0 Å². The number of hydrogen-bond donors (Lipinski definition) is 4. The molecule has 0 spiro atoms.